The average molecular weight is 187 g/mol. The molecule has 0 spiro atoms. The minimum atomic E-state index is 0.118. The lowest BCUT2D eigenvalue weighted by atomic mass is 10.1. The summed E-state index contributed by atoms with van der Waals surface area (Å²) in [6.07, 6.45) is 0. The number of quaternary nitrogens is 1. The predicted octanol–water partition coefficient (Wildman–Crippen LogP) is 1.79. The molecule has 0 heterocycles. The van der Waals surface area contributed by atoms with Gasteiger partial charge in [0.15, 0.2) is 0 Å². The molecule has 2 nitrogen and oxygen atoms in total. The lowest BCUT2D eigenvalue weighted by Crippen LogP contribution is -2.98. The molecular weight excluding hydrogens is 174 g/mol. The molecule has 14 heavy (non-hydrogen) atoms. The van der Waals surface area contributed by atoms with Gasteiger partial charge in [-0.1, -0.05) is 23.8 Å². The van der Waals surface area contributed by atoms with E-state index in [0.29, 0.717) is 0 Å². The van der Waals surface area contributed by atoms with E-state index in [1.807, 2.05) is 18.2 Å². The van der Waals surface area contributed by atoms with Gasteiger partial charge < -0.3 is 10.3 Å². The summed E-state index contributed by atoms with van der Waals surface area (Å²) in [7, 11) is 1.59. The van der Waals surface area contributed by atoms with Crippen molar-refractivity contribution in [1.82, 2.24) is 0 Å². The van der Waals surface area contributed by atoms with Crippen LogP contribution >= 0.6 is 0 Å². The van der Waals surface area contributed by atoms with Crippen LogP contribution in [0, 0.1) is 12.1 Å². The molecule has 0 aliphatic carbocycles. The molecule has 0 saturated heterocycles. The van der Waals surface area contributed by atoms with E-state index in [4.69, 9.17) is 0 Å². The Morgan fingerprint density at radius 1 is 1.00 bits per heavy atom. The molecule has 2 rings (SSSR count). The second-order valence-corrected chi connectivity index (χ2v) is 3.62. The maximum atomic E-state index is 11.2. The van der Waals surface area contributed by atoms with E-state index in [-0.39, 0.29) is 5.06 Å². The Kier molecular flexibility index (Phi) is 2.23. The Bertz CT molecular complexity index is 463. The van der Waals surface area contributed by atoms with Crippen LogP contribution in [-0.2, 0) is 0 Å². The molecule has 0 aliphatic heterocycles. The van der Waals surface area contributed by atoms with Gasteiger partial charge in [0.25, 0.3) is 0 Å². The maximum absolute atomic E-state index is 11.2. The van der Waals surface area contributed by atoms with Gasteiger partial charge >= 0.3 is 0 Å². The summed E-state index contributed by atoms with van der Waals surface area (Å²) in [5.41, 5.74) is 2.02. The van der Waals surface area contributed by atoms with E-state index in [2.05, 4.69) is 25.1 Å². The third-order valence-corrected chi connectivity index (χ3v) is 2.40. The van der Waals surface area contributed by atoms with E-state index < -0.39 is 0 Å². The van der Waals surface area contributed by atoms with Gasteiger partial charge in [0, 0.05) is 6.07 Å². The van der Waals surface area contributed by atoms with Crippen LogP contribution in [0.5, 0.6) is 0 Å². The largest absolute Gasteiger partial charge is 0.629 e. The van der Waals surface area contributed by atoms with Crippen molar-refractivity contribution < 1.29 is 5.06 Å². The van der Waals surface area contributed by atoms with Crippen LogP contribution in [0.15, 0.2) is 36.4 Å². The molecule has 0 bridgehead atoms. The van der Waals surface area contributed by atoms with Gasteiger partial charge in [-0.05, 0) is 29.8 Å². The number of rotatable bonds is 1. The summed E-state index contributed by atoms with van der Waals surface area (Å²) in [5, 5.41) is 13.6. The smallest absolute Gasteiger partial charge is 0.131 e. The first-order chi connectivity index (χ1) is 6.66. The minimum absolute atomic E-state index is 0.118. The average Bonchev–Trinajstić information content (AvgIpc) is 2.16. The van der Waals surface area contributed by atoms with Crippen molar-refractivity contribution in [3.05, 3.63) is 47.2 Å². The number of nitrogens with one attached hydrogen (secondary N) is 1. The van der Waals surface area contributed by atoms with Crippen molar-refractivity contribution in [2.45, 2.75) is 6.92 Å². The Morgan fingerprint density at radius 3 is 2.36 bits per heavy atom. The summed E-state index contributed by atoms with van der Waals surface area (Å²) in [6.45, 7) is 2.07. The molecule has 0 amide bonds. The molecule has 0 saturated carbocycles. The number of benzene rings is 2. The normalized spacial score (nSPS) is 13.1. The van der Waals surface area contributed by atoms with E-state index in [9.17, 15) is 5.21 Å². The summed E-state index contributed by atoms with van der Waals surface area (Å²) in [6, 6.07) is 12.1. The molecule has 1 N–H and O–H groups in total. The number of fused-ring (bicyclic) bond motifs is 1. The number of hydrogen-bond donors (Lipinski definition) is 1. The van der Waals surface area contributed by atoms with Crippen molar-refractivity contribution in [2.75, 3.05) is 7.05 Å². The molecule has 0 radical (unpaired) electrons. The molecule has 0 aromatic heterocycles. The minimum Gasteiger partial charge on any atom is -0.629 e. The first-order valence-corrected chi connectivity index (χ1v) is 4.68. The highest BCUT2D eigenvalue weighted by molar-refractivity contribution is 5.85. The molecule has 0 fully saturated rings. The molecule has 2 aromatic rings. The summed E-state index contributed by atoms with van der Waals surface area (Å²) in [4.78, 5) is 0. The quantitative estimate of drug-likeness (QED) is 0.677. The fraction of sp³-hybridized carbons (Fsp3) is 0.167. The van der Waals surface area contributed by atoms with E-state index in [0.717, 1.165) is 11.1 Å². The van der Waals surface area contributed by atoms with Gasteiger partial charge in [-0.2, -0.15) is 0 Å². The van der Waals surface area contributed by atoms with E-state index in [1.54, 1.807) is 7.05 Å². The molecule has 1 unspecified atom stereocenters. The first-order valence-electron chi connectivity index (χ1n) is 4.68. The van der Waals surface area contributed by atoms with Gasteiger partial charge in [0.05, 0.1) is 7.05 Å². The zero-order valence-electron chi connectivity index (χ0n) is 8.37. The Morgan fingerprint density at radius 2 is 1.64 bits per heavy atom. The van der Waals surface area contributed by atoms with Crippen molar-refractivity contribution >= 4 is 16.5 Å². The van der Waals surface area contributed by atoms with Gasteiger partial charge in [-0.25, -0.2) is 0 Å². The Labute approximate surface area is 83.4 Å². The van der Waals surface area contributed by atoms with Crippen LogP contribution in [-0.4, -0.2) is 7.05 Å². The first kappa shape index (κ1) is 9.19. The topological polar surface area (TPSA) is 27.5 Å². The predicted molar refractivity (Wildman–Crippen MR) is 58.6 cm³/mol. The zero-order valence-corrected chi connectivity index (χ0v) is 8.37. The Hall–Kier alpha value is -1.38. The monoisotopic (exact) mass is 187 g/mol. The van der Waals surface area contributed by atoms with Gasteiger partial charge in [-0.15, -0.1) is 0 Å². The van der Waals surface area contributed by atoms with Gasteiger partial charge in [0.2, 0.25) is 0 Å². The van der Waals surface area contributed by atoms with Crippen molar-refractivity contribution in [2.24, 2.45) is 0 Å². The molecule has 72 valence electrons. The standard InChI is InChI=1S/C12H13NO/c1-9-3-4-11-8-12(13(2)14)6-5-10(11)7-9/h3-8,13H,1-2H3. The Balaban J connectivity index is 2.62. The van der Waals surface area contributed by atoms with Crippen LogP contribution in [0.1, 0.15) is 5.56 Å². The summed E-state index contributed by atoms with van der Waals surface area (Å²) >= 11 is 0. The van der Waals surface area contributed by atoms with Crippen LogP contribution < -0.4 is 5.06 Å². The molecule has 2 aromatic carbocycles. The fourth-order valence-corrected chi connectivity index (χ4v) is 1.58. The van der Waals surface area contributed by atoms with Crippen molar-refractivity contribution in [3.8, 4) is 0 Å². The number of hydroxylamine groups is 1. The summed E-state index contributed by atoms with van der Waals surface area (Å²) in [5.74, 6) is 0. The van der Waals surface area contributed by atoms with Crippen LogP contribution in [0.25, 0.3) is 10.8 Å². The van der Waals surface area contributed by atoms with Crippen LogP contribution in [0.3, 0.4) is 0 Å². The highest BCUT2D eigenvalue weighted by atomic mass is 16.5. The number of aryl methyl sites for hydroxylation is 1. The third-order valence-electron chi connectivity index (χ3n) is 2.40. The molecule has 0 aliphatic rings. The highest BCUT2D eigenvalue weighted by Gasteiger charge is 1.99. The van der Waals surface area contributed by atoms with Crippen LogP contribution in [0.4, 0.5) is 5.69 Å². The SMILES string of the molecule is Cc1ccc2cc([NH+](C)[O-])ccc2c1. The lowest BCUT2D eigenvalue weighted by Gasteiger charge is -2.15. The van der Waals surface area contributed by atoms with E-state index in [1.165, 1.54) is 10.9 Å². The lowest BCUT2D eigenvalue weighted by molar-refractivity contribution is -0.751. The zero-order chi connectivity index (χ0) is 10.1. The maximum Gasteiger partial charge on any atom is 0.131 e. The van der Waals surface area contributed by atoms with E-state index >= 15 is 0 Å². The molecule has 2 heteroatoms. The second-order valence-electron chi connectivity index (χ2n) is 3.62. The molecular formula is C12H13NO. The second kappa shape index (κ2) is 3.40. The van der Waals surface area contributed by atoms with Crippen molar-refractivity contribution in [3.63, 3.8) is 0 Å². The summed E-state index contributed by atoms with van der Waals surface area (Å²) < 4.78 is 0. The van der Waals surface area contributed by atoms with Gasteiger partial charge in [-0.3, -0.25) is 0 Å². The third kappa shape index (κ3) is 1.62. The number of hydrogen-bond acceptors (Lipinski definition) is 1. The fourth-order valence-electron chi connectivity index (χ4n) is 1.58. The van der Waals surface area contributed by atoms with Gasteiger partial charge in [0.1, 0.15) is 5.69 Å². The van der Waals surface area contributed by atoms with Crippen LogP contribution in [0.2, 0.25) is 0 Å². The van der Waals surface area contributed by atoms with Crippen molar-refractivity contribution in [1.29, 1.82) is 0 Å². The highest BCUT2D eigenvalue weighted by Crippen LogP contribution is 2.18. The molecule has 1 atom stereocenters.